The number of rotatable bonds is 11. The molecule has 0 aliphatic rings. The van der Waals surface area contributed by atoms with Gasteiger partial charge in [-0.15, -0.1) is 11.3 Å². The third kappa shape index (κ3) is 6.94. The summed E-state index contributed by atoms with van der Waals surface area (Å²) in [5, 5.41) is 19.3. The highest BCUT2D eigenvalue weighted by Crippen LogP contribution is 2.38. The van der Waals surface area contributed by atoms with Crippen LogP contribution in [0.2, 0.25) is 0 Å². The van der Waals surface area contributed by atoms with Crippen molar-refractivity contribution in [1.29, 1.82) is 0 Å². The molecule has 2 N–H and O–H groups in total. The van der Waals surface area contributed by atoms with E-state index >= 15 is 0 Å². The van der Waals surface area contributed by atoms with Crippen molar-refractivity contribution >= 4 is 22.7 Å². The number of halogens is 4. The standard InChI is InChI=1S/C21H20F4N2O5S/c1-12(28)19(29)30-15-4-2-3-13(7-15)27(10-16-9-26-11-33-16)14-5-6-17(31-20(22)23)18(8-14)32-21(24)25/h2-9,11-12,19-21,28-29H,10H2,1H3. The van der Waals surface area contributed by atoms with Gasteiger partial charge in [0.25, 0.3) is 0 Å². The van der Waals surface area contributed by atoms with Gasteiger partial charge >= 0.3 is 13.2 Å². The van der Waals surface area contributed by atoms with Crippen LogP contribution >= 0.6 is 11.3 Å². The molecule has 3 aromatic rings. The van der Waals surface area contributed by atoms with Crippen molar-refractivity contribution in [2.24, 2.45) is 0 Å². The van der Waals surface area contributed by atoms with Crippen LogP contribution < -0.4 is 19.1 Å². The fourth-order valence-electron chi connectivity index (χ4n) is 2.82. The van der Waals surface area contributed by atoms with E-state index in [1.54, 1.807) is 40.9 Å². The lowest BCUT2D eigenvalue weighted by Gasteiger charge is -2.26. The molecule has 0 bridgehead atoms. The number of anilines is 2. The summed E-state index contributed by atoms with van der Waals surface area (Å²) in [7, 11) is 0. The van der Waals surface area contributed by atoms with Gasteiger partial charge in [-0.2, -0.15) is 17.6 Å². The molecule has 1 aromatic heterocycles. The Labute approximate surface area is 190 Å². The lowest BCUT2D eigenvalue weighted by Crippen LogP contribution is -2.28. The minimum Gasteiger partial charge on any atom is -0.462 e. The Morgan fingerprint density at radius 1 is 0.939 bits per heavy atom. The Balaban J connectivity index is 2.01. The number of nitrogens with zero attached hydrogens (tertiary/aromatic N) is 2. The summed E-state index contributed by atoms with van der Waals surface area (Å²) in [6, 6.07) is 10.1. The van der Waals surface area contributed by atoms with E-state index in [-0.39, 0.29) is 12.3 Å². The minimum absolute atomic E-state index is 0.233. The first-order valence-corrected chi connectivity index (χ1v) is 10.4. The lowest BCUT2D eigenvalue weighted by molar-refractivity contribution is -0.0958. The first-order chi connectivity index (χ1) is 15.7. The van der Waals surface area contributed by atoms with E-state index in [2.05, 4.69) is 14.5 Å². The summed E-state index contributed by atoms with van der Waals surface area (Å²) in [6.07, 6.45) is -0.981. The zero-order chi connectivity index (χ0) is 24.0. The molecule has 33 heavy (non-hydrogen) atoms. The number of hydrogen-bond donors (Lipinski definition) is 2. The van der Waals surface area contributed by atoms with Gasteiger partial charge in [0.2, 0.25) is 6.29 Å². The van der Waals surface area contributed by atoms with Crippen molar-refractivity contribution in [2.75, 3.05) is 4.90 Å². The topological polar surface area (TPSA) is 84.3 Å². The van der Waals surface area contributed by atoms with Crippen LogP contribution in [0.25, 0.3) is 0 Å². The summed E-state index contributed by atoms with van der Waals surface area (Å²) in [5.41, 5.74) is 2.47. The molecule has 0 saturated carbocycles. The SMILES string of the molecule is CC(O)C(O)Oc1cccc(N(Cc2cncs2)c2ccc(OC(F)F)c(OC(F)F)c2)c1. The van der Waals surface area contributed by atoms with E-state index in [9.17, 15) is 27.8 Å². The fourth-order valence-corrected chi connectivity index (χ4v) is 3.40. The molecule has 0 aliphatic carbocycles. The van der Waals surface area contributed by atoms with Crippen LogP contribution in [0, 0.1) is 0 Å². The molecule has 0 aliphatic heterocycles. The first-order valence-electron chi connectivity index (χ1n) is 9.54. The largest absolute Gasteiger partial charge is 0.462 e. The van der Waals surface area contributed by atoms with Crippen LogP contribution in [0.15, 0.2) is 54.2 Å². The average Bonchev–Trinajstić information content (AvgIpc) is 3.26. The highest BCUT2D eigenvalue weighted by Gasteiger charge is 2.20. The van der Waals surface area contributed by atoms with E-state index in [0.717, 1.165) is 17.0 Å². The monoisotopic (exact) mass is 488 g/mol. The molecule has 2 atom stereocenters. The van der Waals surface area contributed by atoms with Gasteiger partial charge < -0.3 is 29.3 Å². The minimum atomic E-state index is -3.26. The smallest absolute Gasteiger partial charge is 0.387 e. The van der Waals surface area contributed by atoms with Crippen molar-refractivity contribution in [3.8, 4) is 17.2 Å². The fraction of sp³-hybridized carbons (Fsp3) is 0.286. The zero-order valence-corrected chi connectivity index (χ0v) is 18.0. The summed E-state index contributed by atoms with van der Waals surface area (Å²) in [6.45, 7) is -4.87. The van der Waals surface area contributed by atoms with Crippen LogP contribution in [-0.2, 0) is 6.54 Å². The van der Waals surface area contributed by atoms with Crippen molar-refractivity contribution in [3.63, 3.8) is 0 Å². The van der Waals surface area contributed by atoms with Crippen molar-refractivity contribution in [1.82, 2.24) is 4.98 Å². The van der Waals surface area contributed by atoms with Gasteiger partial charge in [0.15, 0.2) is 11.5 Å². The quantitative estimate of drug-likeness (QED) is 0.297. The summed E-state index contributed by atoms with van der Waals surface area (Å²) in [5.74, 6) is -0.866. The number of alkyl halides is 4. The molecule has 0 radical (unpaired) electrons. The third-order valence-electron chi connectivity index (χ3n) is 4.27. The maximum atomic E-state index is 12.9. The Morgan fingerprint density at radius 2 is 1.64 bits per heavy atom. The summed E-state index contributed by atoms with van der Waals surface area (Å²) in [4.78, 5) is 6.52. The Morgan fingerprint density at radius 3 is 2.27 bits per heavy atom. The maximum absolute atomic E-state index is 12.9. The molecular weight excluding hydrogens is 468 g/mol. The van der Waals surface area contributed by atoms with Crippen molar-refractivity contribution < 1.29 is 42.0 Å². The Hall–Kier alpha value is -3.09. The van der Waals surface area contributed by atoms with Gasteiger partial charge in [0.05, 0.1) is 12.1 Å². The highest BCUT2D eigenvalue weighted by molar-refractivity contribution is 7.09. The Bertz CT molecular complexity index is 1020. The molecule has 3 rings (SSSR count). The second kappa shape index (κ2) is 11.2. The van der Waals surface area contributed by atoms with Gasteiger partial charge in [0.1, 0.15) is 11.9 Å². The van der Waals surface area contributed by atoms with Gasteiger partial charge in [0, 0.05) is 34.6 Å². The summed E-state index contributed by atoms with van der Waals surface area (Å²) >= 11 is 1.35. The normalized spacial score (nSPS) is 13.1. The molecule has 0 amide bonds. The van der Waals surface area contributed by atoms with E-state index in [1.807, 2.05) is 0 Å². The van der Waals surface area contributed by atoms with E-state index < -0.39 is 37.1 Å². The number of ether oxygens (including phenoxy) is 3. The molecule has 0 fully saturated rings. The molecule has 12 heteroatoms. The predicted molar refractivity (Wildman–Crippen MR) is 112 cm³/mol. The van der Waals surface area contributed by atoms with Crippen LogP contribution in [-0.4, -0.2) is 40.8 Å². The van der Waals surface area contributed by atoms with Crippen LogP contribution in [0.3, 0.4) is 0 Å². The molecule has 7 nitrogen and oxygen atoms in total. The number of benzene rings is 2. The number of hydrogen-bond acceptors (Lipinski definition) is 8. The van der Waals surface area contributed by atoms with Crippen molar-refractivity contribution in [3.05, 3.63) is 59.0 Å². The van der Waals surface area contributed by atoms with Crippen LogP contribution in [0.4, 0.5) is 28.9 Å². The molecule has 2 unspecified atom stereocenters. The predicted octanol–water partition coefficient (Wildman–Crippen LogP) is 4.76. The zero-order valence-electron chi connectivity index (χ0n) is 17.1. The molecular formula is C21H20F4N2O5S. The van der Waals surface area contributed by atoms with Crippen molar-refractivity contribution in [2.45, 2.75) is 39.1 Å². The second-order valence-corrected chi connectivity index (χ2v) is 7.66. The van der Waals surface area contributed by atoms with Gasteiger partial charge in [-0.1, -0.05) is 6.07 Å². The van der Waals surface area contributed by atoms with Crippen LogP contribution in [0.1, 0.15) is 11.8 Å². The number of aliphatic hydroxyl groups is 2. The van der Waals surface area contributed by atoms with E-state index in [0.29, 0.717) is 11.4 Å². The van der Waals surface area contributed by atoms with E-state index in [1.165, 1.54) is 24.3 Å². The molecule has 0 saturated heterocycles. The van der Waals surface area contributed by atoms with Gasteiger partial charge in [-0.25, -0.2) is 0 Å². The average molecular weight is 488 g/mol. The third-order valence-corrected chi connectivity index (χ3v) is 5.03. The lowest BCUT2D eigenvalue weighted by atomic mass is 10.2. The molecule has 1 heterocycles. The van der Waals surface area contributed by atoms with Gasteiger partial charge in [-0.3, -0.25) is 4.98 Å². The maximum Gasteiger partial charge on any atom is 0.387 e. The molecule has 2 aromatic carbocycles. The van der Waals surface area contributed by atoms with E-state index in [4.69, 9.17) is 4.74 Å². The number of thiazole rings is 1. The summed E-state index contributed by atoms with van der Waals surface area (Å²) < 4.78 is 65.2. The number of aromatic nitrogens is 1. The molecule has 178 valence electrons. The second-order valence-electron chi connectivity index (χ2n) is 6.69. The Kier molecular flexibility index (Phi) is 8.31. The number of aliphatic hydroxyl groups excluding tert-OH is 2. The highest BCUT2D eigenvalue weighted by atomic mass is 32.1. The van der Waals surface area contributed by atoms with Gasteiger partial charge in [-0.05, 0) is 31.2 Å². The first kappa shape index (κ1) is 24.6. The van der Waals surface area contributed by atoms with Crippen LogP contribution in [0.5, 0.6) is 17.2 Å². The molecule has 0 spiro atoms.